The Labute approximate surface area is 361 Å². The second kappa shape index (κ2) is 19.2. The van der Waals surface area contributed by atoms with Gasteiger partial charge >= 0.3 is 0 Å². The van der Waals surface area contributed by atoms with E-state index >= 15 is 4.39 Å². The lowest BCUT2D eigenvalue weighted by Gasteiger charge is -2.27. The zero-order valence-electron chi connectivity index (χ0n) is 34.8. The molecule has 5 heterocycles. The van der Waals surface area contributed by atoms with Crippen LogP contribution in [-0.2, 0) is 28.0 Å². The van der Waals surface area contributed by atoms with Crippen LogP contribution in [0.15, 0.2) is 67.1 Å². The van der Waals surface area contributed by atoms with Gasteiger partial charge in [0.05, 0.1) is 53.0 Å². The molecular formula is C45H47FN8O9. The number of nitrogens with zero attached hydrogens (tertiary/aromatic N) is 4. The van der Waals surface area contributed by atoms with Crippen LogP contribution in [0.25, 0.3) is 16.6 Å². The van der Waals surface area contributed by atoms with E-state index in [1.165, 1.54) is 36.0 Å². The molecule has 2 aromatic carbocycles. The van der Waals surface area contributed by atoms with Crippen molar-refractivity contribution in [2.75, 3.05) is 30.3 Å². The summed E-state index contributed by atoms with van der Waals surface area (Å²) in [5.41, 5.74) is 2.67. The van der Waals surface area contributed by atoms with Crippen molar-refractivity contribution in [1.29, 1.82) is 0 Å². The molecule has 17 nitrogen and oxygen atoms in total. The first-order valence-corrected chi connectivity index (χ1v) is 20.7. The summed E-state index contributed by atoms with van der Waals surface area (Å²) in [7, 11) is 1.69. The van der Waals surface area contributed by atoms with Crippen molar-refractivity contribution in [1.82, 2.24) is 29.7 Å². The molecular weight excluding hydrogens is 816 g/mol. The number of piperidine rings is 1. The first-order chi connectivity index (χ1) is 30.3. The van der Waals surface area contributed by atoms with Gasteiger partial charge in [-0.15, -0.1) is 0 Å². The molecule has 5 N–H and O–H groups in total. The number of anilines is 2. The van der Waals surface area contributed by atoms with E-state index in [0.717, 1.165) is 30.6 Å². The zero-order chi connectivity index (χ0) is 44.8. The van der Waals surface area contributed by atoms with Gasteiger partial charge in [-0.1, -0.05) is 12.8 Å². The summed E-state index contributed by atoms with van der Waals surface area (Å²) in [6.45, 7) is 2.34. The number of carbonyl (C=O) groups is 7. The number of aromatic nitrogens is 3. The van der Waals surface area contributed by atoms with Crippen LogP contribution in [0, 0.1) is 5.82 Å². The van der Waals surface area contributed by atoms with Crippen LogP contribution in [0.5, 0.6) is 5.75 Å². The molecule has 5 aromatic rings. The van der Waals surface area contributed by atoms with Gasteiger partial charge in [-0.2, -0.15) is 5.10 Å². The van der Waals surface area contributed by atoms with Crippen molar-refractivity contribution >= 4 is 58.1 Å². The number of aliphatic hydroxyl groups is 1. The number of aliphatic hydroxyl groups excluding tert-OH is 1. The minimum Gasteiger partial charge on any atom is -0.493 e. The number of imide groups is 2. The molecule has 2 aliphatic rings. The van der Waals surface area contributed by atoms with Crippen molar-refractivity contribution in [3.8, 4) is 16.9 Å². The number of hydrogen-bond donors (Lipinski definition) is 5. The standard InChI is InChI=1S/C45H47FN8O9/c1-26(56)37-22-34(42(59)50-35-19-27(25-55)18-32(41(35)46)28-23-49-52(2)24-28)38-21-30(13-16-53(37)38)63-17-7-8-39(57)48-15-6-4-3-5-14-47-29-9-10-31-33(20-29)45(62)54(44(31)61)36-11-12-40(58)51-43(36)60/h9-10,13,16,18-24,36,47,55H,3-8,11-12,14-15,17,25H2,1-2H3,(H,48,57)(H,50,59)(H,51,58,60). The van der Waals surface area contributed by atoms with Crippen LogP contribution in [0.2, 0.25) is 0 Å². The third kappa shape index (κ3) is 9.80. The summed E-state index contributed by atoms with van der Waals surface area (Å²) in [4.78, 5) is 89.4. The molecule has 1 saturated heterocycles. The van der Waals surface area contributed by atoms with Crippen molar-refractivity contribution in [3.05, 3.63) is 101 Å². The van der Waals surface area contributed by atoms with E-state index in [2.05, 4.69) is 26.4 Å². The number of unbranched alkanes of at least 4 members (excludes halogenated alkanes) is 3. The second-order valence-electron chi connectivity index (χ2n) is 15.5. The highest BCUT2D eigenvalue weighted by Crippen LogP contribution is 2.32. The third-order valence-electron chi connectivity index (χ3n) is 10.9. The number of aryl methyl sites for hydroxylation is 1. The van der Waals surface area contributed by atoms with Crippen LogP contribution < -0.4 is 26.0 Å². The molecule has 63 heavy (non-hydrogen) atoms. The Kier molecular flexibility index (Phi) is 13.4. The van der Waals surface area contributed by atoms with E-state index < -0.39 is 48.0 Å². The summed E-state index contributed by atoms with van der Waals surface area (Å²) < 4.78 is 24.7. The predicted octanol–water partition coefficient (Wildman–Crippen LogP) is 4.78. The van der Waals surface area contributed by atoms with Crippen LogP contribution in [0.3, 0.4) is 0 Å². The first kappa shape index (κ1) is 43.9. The highest BCUT2D eigenvalue weighted by atomic mass is 19.1. The molecule has 7 rings (SSSR count). The average molecular weight is 863 g/mol. The molecule has 3 aromatic heterocycles. The topological polar surface area (TPSA) is 223 Å². The highest BCUT2D eigenvalue weighted by Gasteiger charge is 2.44. The van der Waals surface area contributed by atoms with Crippen LogP contribution in [-0.4, -0.2) is 91.2 Å². The van der Waals surface area contributed by atoms with Gasteiger partial charge in [0.25, 0.3) is 17.7 Å². The number of fused-ring (bicyclic) bond motifs is 2. The van der Waals surface area contributed by atoms with E-state index in [9.17, 15) is 38.7 Å². The van der Waals surface area contributed by atoms with Gasteiger partial charge < -0.3 is 30.2 Å². The van der Waals surface area contributed by atoms with Crippen LogP contribution in [0.4, 0.5) is 15.8 Å². The Balaban J connectivity index is 0.826. The van der Waals surface area contributed by atoms with E-state index in [1.54, 1.807) is 54.2 Å². The molecule has 0 aliphatic carbocycles. The number of halogens is 1. The fourth-order valence-corrected chi connectivity index (χ4v) is 7.70. The molecule has 328 valence electrons. The maximum Gasteiger partial charge on any atom is 0.262 e. The van der Waals surface area contributed by atoms with E-state index in [0.29, 0.717) is 47.6 Å². The Hall–Kier alpha value is -7.21. The third-order valence-corrected chi connectivity index (χ3v) is 10.9. The Bertz CT molecular complexity index is 2640. The van der Waals surface area contributed by atoms with E-state index in [4.69, 9.17) is 4.74 Å². The summed E-state index contributed by atoms with van der Waals surface area (Å²) in [6, 6.07) is 11.4. The normalized spacial score (nSPS) is 14.8. The molecule has 0 radical (unpaired) electrons. The highest BCUT2D eigenvalue weighted by molar-refractivity contribution is 6.23. The molecule has 1 fully saturated rings. The maximum atomic E-state index is 15.7. The van der Waals surface area contributed by atoms with Crippen molar-refractivity contribution in [2.24, 2.45) is 7.05 Å². The van der Waals surface area contributed by atoms with Crippen LogP contribution >= 0.6 is 0 Å². The lowest BCUT2D eigenvalue weighted by atomic mass is 10.0. The van der Waals surface area contributed by atoms with Gasteiger partial charge in [0.15, 0.2) is 11.6 Å². The number of rotatable bonds is 19. The summed E-state index contributed by atoms with van der Waals surface area (Å²) >= 11 is 0. The predicted molar refractivity (Wildman–Crippen MR) is 228 cm³/mol. The second-order valence-corrected chi connectivity index (χ2v) is 15.5. The smallest absolute Gasteiger partial charge is 0.262 e. The average Bonchev–Trinajstić information content (AvgIpc) is 3.94. The molecule has 0 saturated carbocycles. The number of benzene rings is 2. The Morgan fingerprint density at radius 1 is 0.937 bits per heavy atom. The Morgan fingerprint density at radius 3 is 2.44 bits per heavy atom. The fourth-order valence-electron chi connectivity index (χ4n) is 7.70. The van der Waals surface area contributed by atoms with Crippen LogP contribution in [0.1, 0.15) is 105 Å². The molecule has 6 amide bonds. The molecule has 1 atom stereocenters. The summed E-state index contributed by atoms with van der Waals surface area (Å²) in [5.74, 6) is -3.56. The van der Waals surface area contributed by atoms with Gasteiger partial charge in [0, 0.05) is 75.2 Å². The monoisotopic (exact) mass is 862 g/mol. The number of amides is 6. The van der Waals surface area contributed by atoms with Gasteiger partial charge in [0.2, 0.25) is 17.7 Å². The van der Waals surface area contributed by atoms with Crippen molar-refractivity contribution in [3.63, 3.8) is 0 Å². The first-order valence-electron chi connectivity index (χ1n) is 20.7. The number of carbonyl (C=O) groups excluding carboxylic acids is 7. The molecule has 0 bridgehead atoms. The van der Waals surface area contributed by atoms with E-state index in [-0.39, 0.29) is 71.2 Å². The summed E-state index contributed by atoms with van der Waals surface area (Å²) in [6.07, 6.45) is 8.91. The number of ketones is 1. The zero-order valence-corrected chi connectivity index (χ0v) is 34.8. The molecule has 1 unspecified atom stereocenters. The maximum absolute atomic E-state index is 15.7. The van der Waals surface area contributed by atoms with E-state index in [1.807, 2.05) is 0 Å². The fraction of sp³-hybridized carbons (Fsp3) is 0.333. The Morgan fingerprint density at radius 2 is 1.71 bits per heavy atom. The molecule has 2 aliphatic heterocycles. The number of Topliss-reactive ketones (excluding diaryl/α,β-unsaturated/α-hetero) is 1. The number of nitrogens with one attached hydrogen (secondary N) is 4. The lowest BCUT2D eigenvalue weighted by molar-refractivity contribution is -0.136. The van der Waals surface area contributed by atoms with Gasteiger partial charge in [0.1, 0.15) is 11.8 Å². The number of ether oxygens (including phenoxy) is 1. The minimum absolute atomic E-state index is 0.0562. The SMILES string of the molecule is CC(=O)c1cc(C(=O)Nc2cc(CO)cc(-c3cnn(C)c3)c2F)c2cc(OCCCC(=O)NCCCCCCNc3ccc4c(c3)C(=O)N(C3CCC(=O)NC3=O)C4=O)ccn12. The largest absolute Gasteiger partial charge is 0.493 e. The van der Waals surface area contributed by atoms with Gasteiger partial charge in [-0.3, -0.25) is 48.5 Å². The molecule has 18 heteroatoms. The minimum atomic E-state index is -1.01. The quantitative estimate of drug-likeness (QED) is 0.0432. The van der Waals surface area contributed by atoms with Crippen molar-refractivity contribution < 1.29 is 47.8 Å². The summed E-state index contributed by atoms with van der Waals surface area (Å²) in [5, 5.41) is 24.9. The number of pyridine rings is 1. The van der Waals surface area contributed by atoms with Crippen molar-refractivity contribution in [2.45, 2.75) is 70.9 Å². The number of hydrogen-bond acceptors (Lipinski definition) is 11. The van der Waals surface area contributed by atoms with Gasteiger partial charge in [-0.05, 0) is 73.7 Å². The molecule has 0 spiro atoms. The van der Waals surface area contributed by atoms with Gasteiger partial charge in [-0.25, -0.2) is 4.39 Å². The lowest BCUT2D eigenvalue weighted by Crippen LogP contribution is -2.54.